The lowest BCUT2D eigenvalue weighted by Gasteiger charge is -2.33. The van der Waals surface area contributed by atoms with Gasteiger partial charge in [-0.15, -0.1) is 0 Å². The summed E-state index contributed by atoms with van der Waals surface area (Å²) < 4.78 is 11.1. The molecule has 35 heavy (non-hydrogen) atoms. The highest BCUT2D eigenvalue weighted by atomic mass is 16.5. The number of aliphatic hydroxyl groups excluding tert-OH is 1. The van der Waals surface area contributed by atoms with E-state index in [4.69, 9.17) is 14.5 Å². The molecule has 0 radical (unpaired) electrons. The van der Waals surface area contributed by atoms with Gasteiger partial charge in [0.15, 0.2) is 0 Å². The molecule has 0 saturated carbocycles. The number of nitrogens with one attached hydrogen (secondary N) is 2. The Morgan fingerprint density at radius 3 is 2.14 bits per heavy atom. The van der Waals surface area contributed by atoms with Crippen molar-refractivity contribution in [2.45, 2.75) is 13.5 Å². The number of ether oxygens (including phenoxy) is 2. The van der Waals surface area contributed by atoms with E-state index in [9.17, 15) is 5.11 Å². The van der Waals surface area contributed by atoms with Crippen molar-refractivity contribution >= 4 is 34.5 Å². The quantitative estimate of drug-likeness (QED) is 0.474. The number of nitrogens with zero attached hydrogens (tertiary/aromatic N) is 4. The molecule has 0 unspecified atom stereocenters. The Kier molecular flexibility index (Phi) is 7.27. The van der Waals surface area contributed by atoms with Crippen LogP contribution in [0.1, 0.15) is 11.1 Å². The summed E-state index contributed by atoms with van der Waals surface area (Å²) in [4.78, 5) is 14.0. The number of morpholine rings is 2. The zero-order chi connectivity index (χ0) is 24.0. The fraction of sp³-hybridized carbons (Fsp3) is 0.385. The van der Waals surface area contributed by atoms with Crippen molar-refractivity contribution in [3.05, 3.63) is 59.8 Å². The van der Waals surface area contributed by atoms with Crippen molar-refractivity contribution in [3.63, 3.8) is 0 Å². The average Bonchev–Trinajstić information content (AvgIpc) is 2.91. The van der Waals surface area contributed by atoms with Crippen LogP contribution in [0.4, 0.5) is 34.5 Å². The second-order valence-corrected chi connectivity index (χ2v) is 8.77. The summed E-state index contributed by atoms with van der Waals surface area (Å²) in [6, 6.07) is 14.2. The van der Waals surface area contributed by atoms with E-state index in [0.717, 1.165) is 92.3 Å². The van der Waals surface area contributed by atoms with Crippen molar-refractivity contribution in [2.24, 2.45) is 0 Å². The van der Waals surface area contributed by atoms with Gasteiger partial charge in [-0.05, 0) is 42.8 Å². The maximum absolute atomic E-state index is 9.44. The van der Waals surface area contributed by atoms with Gasteiger partial charge in [0.2, 0.25) is 5.95 Å². The van der Waals surface area contributed by atoms with Crippen LogP contribution in [0.25, 0.3) is 0 Å². The standard InChI is InChI=1S/C26H32N6O3/c1-19-17-27-26(30-25(19)28-21-4-2-3-20(13-21)18-33)29-22-14-23(31-5-9-34-10-6-31)16-24(15-22)32-7-11-35-12-8-32/h2-4,13-17,33H,5-12,18H2,1H3,(H2,27,28,29,30). The highest BCUT2D eigenvalue weighted by Gasteiger charge is 2.17. The van der Waals surface area contributed by atoms with Gasteiger partial charge in [-0.25, -0.2) is 4.98 Å². The van der Waals surface area contributed by atoms with E-state index in [0.29, 0.717) is 5.95 Å². The third-order valence-electron chi connectivity index (χ3n) is 6.26. The molecule has 0 bridgehead atoms. The number of hydrogen-bond acceptors (Lipinski definition) is 9. The van der Waals surface area contributed by atoms with Gasteiger partial charge < -0.3 is 35.0 Å². The fourth-order valence-electron chi connectivity index (χ4n) is 4.32. The topological polar surface area (TPSA) is 95.0 Å². The lowest BCUT2D eigenvalue weighted by atomic mass is 10.2. The van der Waals surface area contributed by atoms with Crippen LogP contribution in [0.3, 0.4) is 0 Å². The summed E-state index contributed by atoms with van der Waals surface area (Å²) in [5.41, 5.74) is 5.90. The molecule has 1 aromatic heterocycles. The number of anilines is 6. The molecule has 5 rings (SSSR count). The van der Waals surface area contributed by atoms with Crippen molar-refractivity contribution in [1.82, 2.24) is 9.97 Å². The van der Waals surface area contributed by atoms with Crippen LogP contribution in [0.5, 0.6) is 0 Å². The number of aliphatic hydroxyl groups is 1. The molecule has 3 aromatic rings. The van der Waals surface area contributed by atoms with E-state index in [1.54, 1.807) is 0 Å². The van der Waals surface area contributed by atoms with Gasteiger partial charge in [0.25, 0.3) is 0 Å². The van der Waals surface area contributed by atoms with Gasteiger partial charge in [-0.3, -0.25) is 0 Å². The predicted octanol–water partition coefficient (Wildman–Crippen LogP) is 3.44. The predicted molar refractivity (Wildman–Crippen MR) is 138 cm³/mol. The van der Waals surface area contributed by atoms with Crippen LogP contribution in [0.2, 0.25) is 0 Å². The molecule has 0 aliphatic carbocycles. The third-order valence-corrected chi connectivity index (χ3v) is 6.26. The van der Waals surface area contributed by atoms with E-state index in [1.807, 2.05) is 37.4 Å². The summed E-state index contributed by atoms with van der Waals surface area (Å²) in [6.07, 6.45) is 1.81. The number of hydrogen-bond donors (Lipinski definition) is 3. The minimum Gasteiger partial charge on any atom is -0.392 e. The van der Waals surface area contributed by atoms with Crippen LogP contribution in [0, 0.1) is 6.92 Å². The van der Waals surface area contributed by atoms with Crippen LogP contribution in [-0.2, 0) is 16.1 Å². The van der Waals surface area contributed by atoms with E-state index in [2.05, 4.69) is 43.6 Å². The maximum atomic E-state index is 9.44. The van der Waals surface area contributed by atoms with E-state index in [-0.39, 0.29) is 6.61 Å². The molecule has 3 N–H and O–H groups in total. The van der Waals surface area contributed by atoms with Crippen LogP contribution >= 0.6 is 0 Å². The maximum Gasteiger partial charge on any atom is 0.229 e. The molecule has 2 aromatic carbocycles. The zero-order valence-electron chi connectivity index (χ0n) is 20.0. The first-order valence-electron chi connectivity index (χ1n) is 12.1. The second-order valence-electron chi connectivity index (χ2n) is 8.77. The first-order chi connectivity index (χ1) is 17.2. The van der Waals surface area contributed by atoms with Gasteiger partial charge in [-0.2, -0.15) is 4.98 Å². The third kappa shape index (κ3) is 5.82. The lowest BCUT2D eigenvalue weighted by Crippen LogP contribution is -2.38. The molecule has 9 nitrogen and oxygen atoms in total. The number of aryl methyl sites for hydroxylation is 1. The minimum absolute atomic E-state index is 0.00393. The summed E-state index contributed by atoms with van der Waals surface area (Å²) in [6.45, 7) is 8.38. The first kappa shape index (κ1) is 23.3. The van der Waals surface area contributed by atoms with Crippen molar-refractivity contribution in [1.29, 1.82) is 0 Å². The molecule has 0 atom stereocenters. The average molecular weight is 477 g/mol. The SMILES string of the molecule is Cc1cnc(Nc2cc(N3CCOCC3)cc(N3CCOCC3)c2)nc1Nc1cccc(CO)c1. The number of aromatic nitrogens is 2. The Balaban J connectivity index is 1.41. The smallest absolute Gasteiger partial charge is 0.229 e. The largest absolute Gasteiger partial charge is 0.392 e. The summed E-state index contributed by atoms with van der Waals surface area (Å²) >= 11 is 0. The van der Waals surface area contributed by atoms with E-state index >= 15 is 0 Å². The van der Waals surface area contributed by atoms with Gasteiger partial charge >= 0.3 is 0 Å². The monoisotopic (exact) mass is 476 g/mol. The lowest BCUT2D eigenvalue weighted by molar-refractivity contribution is 0.122. The molecule has 2 aliphatic heterocycles. The second kappa shape index (κ2) is 10.9. The Morgan fingerprint density at radius 2 is 1.51 bits per heavy atom. The van der Waals surface area contributed by atoms with Gasteiger partial charge in [0.1, 0.15) is 5.82 Å². The van der Waals surface area contributed by atoms with Crippen LogP contribution < -0.4 is 20.4 Å². The molecule has 0 spiro atoms. The molecule has 9 heteroatoms. The molecular formula is C26H32N6O3. The minimum atomic E-state index is -0.00393. The fourth-order valence-corrected chi connectivity index (χ4v) is 4.32. The Bertz CT molecular complexity index is 1110. The highest BCUT2D eigenvalue weighted by Crippen LogP contribution is 2.31. The molecule has 0 amide bonds. The van der Waals surface area contributed by atoms with Crippen LogP contribution in [-0.4, -0.2) is 67.7 Å². The Morgan fingerprint density at radius 1 is 0.857 bits per heavy atom. The van der Waals surface area contributed by atoms with Crippen LogP contribution in [0.15, 0.2) is 48.7 Å². The molecule has 3 heterocycles. The highest BCUT2D eigenvalue weighted by molar-refractivity contribution is 5.72. The van der Waals surface area contributed by atoms with Gasteiger partial charge in [0.05, 0.1) is 33.0 Å². The number of benzene rings is 2. The summed E-state index contributed by atoms with van der Waals surface area (Å²) in [5, 5.41) is 16.2. The Hall–Kier alpha value is -3.40. The molecule has 2 saturated heterocycles. The normalized spacial score (nSPS) is 16.3. The van der Waals surface area contributed by atoms with Crippen molar-refractivity contribution < 1.29 is 14.6 Å². The van der Waals surface area contributed by atoms with E-state index < -0.39 is 0 Å². The van der Waals surface area contributed by atoms with Crippen molar-refractivity contribution in [3.8, 4) is 0 Å². The molecular weight excluding hydrogens is 444 g/mol. The van der Waals surface area contributed by atoms with Crippen molar-refractivity contribution in [2.75, 3.05) is 73.0 Å². The first-order valence-corrected chi connectivity index (χ1v) is 12.1. The molecule has 2 fully saturated rings. The molecule has 184 valence electrons. The molecule has 2 aliphatic rings. The van der Waals surface area contributed by atoms with Gasteiger partial charge in [0, 0.05) is 60.7 Å². The summed E-state index contributed by atoms with van der Waals surface area (Å²) in [7, 11) is 0. The number of rotatable bonds is 7. The van der Waals surface area contributed by atoms with Gasteiger partial charge in [-0.1, -0.05) is 12.1 Å². The summed E-state index contributed by atoms with van der Waals surface area (Å²) in [5.74, 6) is 1.23. The Labute approximate surface area is 205 Å². The zero-order valence-corrected chi connectivity index (χ0v) is 20.0. The van der Waals surface area contributed by atoms with E-state index in [1.165, 1.54) is 0 Å².